The van der Waals surface area contributed by atoms with Crippen LogP contribution < -0.4 is 11.2 Å². The molecule has 0 aliphatic rings. The number of hydroxylamine groups is 1. The lowest BCUT2D eigenvalue weighted by molar-refractivity contribution is 0.0845. The van der Waals surface area contributed by atoms with Crippen LogP contribution in [-0.2, 0) is 11.4 Å². The summed E-state index contributed by atoms with van der Waals surface area (Å²) in [6.07, 6.45) is 0.943. The molecular formula is C11H17N3O. The topological polar surface area (TPSA) is 59.6 Å². The summed E-state index contributed by atoms with van der Waals surface area (Å²) in [6.45, 7) is 3.22. The van der Waals surface area contributed by atoms with Crippen molar-refractivity contribution in [1.29, 1.82) is 0 Å². The Morgan fingerprint density at radius 3 is 2.80 bits per heavy atom. The summed E-state index contributed by atoms with van der Waals surface area (Å²) < 4.78 is 0. The number of nitrogens with zero attached hydrogens (tertiary/aromatic N) is 1. The van der Waals surface area contributed by atoms with Crippen LogP contribution in [-0.4, -0.2) is 12.6 Å². The fraction of sp³-hybridized carbons (Fsp3) is 0.364. The molecule has 0 saturated carbocycles. The van der Waals surface area contributed by atoms with Crippen LogP contribution in [0.5, 0.6) is 0 Å². The van der Waals surface area contributed by atoms with Gasteiger partial charge in [0.15, 0.2) is 0 Å². The van der Waals surface area contributed by atoms with Crippen molar-refractivity contribution in [2.45, 2.75) is 19.9 Å². The third kappa shape index (κ3) is 5.02. The monoisotopic (exact) mass is 207 g/mol. The Kier molecular flexibility index (Phi) is 5.25. The zero-order valence-corrected chi connectivity index (χ0v) is 8.94. The Morgan fingerprint density at radius 1 is 1.40 bits per heavy atom. The van der Waals surface area contributed by atoms with Gasteiger partial charge in [0.1, 0.15) is 0 Å². The molecule has 0 aliphatic heterocycles. The number of hydrogen-bond donors (Lipinski definition) is 2. The van der Waals surface area contributed by atoms with E-state index >= 15 is 0 Å². The number of nitrogens with two attached hydrogens (primary N) is 1. The molecule has 82 valence electrons. The van der Waals surface area contributed by atoms with E-state index in [-0.39, 0.29) is 0 Å². The minimum Gasteiger partial charge on any atom is -0.368 e. The van der Waals surface area contributed by atoms with Gasteiger partial charge in [0, 0.05) is 0 Å². The van der Waals surface area contributed by atoms with Crippen LogP contribution in [0.25, 0.3) is 0 Å². The average molecular weight is 207 g/mol. The molecule has 0 aromatic heterocycles. The van der Waals surface area contributed by atoms with Crippen LogP contribution in [0.1, 0.15) is 18.9 Å². The number of hydrogen-bond acceptors (Lipinski definition) is 2. The first-order valence-electron chi connectivity index (χ1n) is 5.04. The molecule has 0 bridgehead atoms. The molecule has 0 heterocycles. The van der Waals surface area contributed by atoms with E-state index in [2.05, 4.69) is 10.5 Å². The first-order valence-corrected chi connectivity index (χ1v) is 5.04. The zero-order chi connectivity index (χ0) is 10.9. The van der Waals surface area contributed by atoms with E-state index in [1.54, 1.807) is 0 Å². The van der Waals surface area contributed by atoms with Crippen LogP contribution in [0, 0.1) is 0 Å². The third-order valence-electron chi connectivity index (χ3n) is 1.76. The maximum Gasteiger partial charge on any atom is 0.213 e. The average Bonchev–Trinajstić information content (AvgIpc) is 2.28. The minimum absolute atomic E-state index is 0.312. The molecule has 1 rings (SSSR count). The van der Waals surface area contributed by atoms with E-state index in [9.17, 15) is 0 Å². The highest BCUT2D eigenvalue weighted by Crippen LogP contribution is 1.99. The quantitative estimate of drug-likeness (QED) is 0.332. The van der Waals surface area contributed by atoms with Crippen molar-refractivity contribution in [3.8, 4) is 0 Å². The normalized spacial score (nSPS) is 11.4. The largest absolute Gasteiger partial charge is 0.368 e. The number of nitrogens with one attached hydrogen (secondary N) is 1. The van der Waals surface area contributed by atoms with Gasteiger partial charge < -0.3 is 5.73 Å². The van der Waals surface area contributed by atoms with Gasteiger partial charge in [-0.1, -0.05) is 37.3 Å². The summed E-state index contributed by atoms with van der Waals surface area (Å²) in [5.74, 6) is 0.312. The highest BCUT2D eigenvalue weighted by molar-refractivity contribution is 5.76. The summed E-state index contributed by atoms with van der Waals surface area (Å²) in [5, 5.41) is 0. The molecule has 1 aromatic rings. The van der Waals surface area contributed by atoms with Gasteiger partial charge >= 0.3 is 0 Å². The van der Waals surface area contributed by atoms with E-state index in [0.29, 0.717) is 19.1 Å². The molecule has 3 N–H and O–H groups in total. The Morgan fingerprint density at radius 2 is 2.13 bits per heavy atom. The van der Waals surface area contributed by atoms with Gasteiger partial charge in [0.25, 0.3) is 0 Å². The fourth-order valence-corrected chi connectivity index (χ4v) is 1.02. The van der Waals surface area contributed by atoms with Gasteiger partial charge in [-0.25, -0.2) is 10.5 Å². The molecule has 0 unspecified atom stereocenters. The van der Waals surface area contributed by atoms with Crippen molar-refractivity contribution < 1.29 is 4.84 Å². The van der Waals surface area contributed by atoms with Gasteiger partial charge in [-0.2, -0.15) is 0 Å². The second-order valence-electron chi connectivity index (χ2n) is 3.14. The van der Waals surface area contributed by atoms with Crippen molar-refractivity contribution >= 4 is 5.96 Å². The van der Waals surface area contributed by atoms with E-state index in [1.165, 1.54) is 0 Å². The van der Waals surface area contributed by atoms with E-state index in [0.717, 1.165) is 12.0 Å². The molecule has 0 spiro atoms. The minimum atomic E-state index is 0.312. The fourth-order valence-electron chi connectivity index (χ4n) is 1.02. The van der Waals surface area contributed by atoms with Gasteiger partial charge in [-0.15, -0.1) is 0 Å². The smallest absolute Gasteiger partial charge is 0.213 e. The van der Waals surface area contributed by atoms with Crippen molar-refractivity contribution in [1.82, 2.24) is 5.48 Å². The Bertz CT molecular complexity index is 298. The number of rotatable bonds is 5. The lowest BCUT2D eigenvalue weighted by Crippen LogP contribution is -2.32. The summed E-state index contributed by atoms with van der Waals surface area (Å²) in [7, 11) is 0. The first-order chi connectivity index (χ1) is 7.33. The molecular weight excluding hydrogens is 190 g/mol. The van der Waals surface area contributed by atoms with Gasteiger partial charge in [0.05, 0.1) is 13.2 Å². The van der Waals surface area contributed by atoms with Crippen LogP contribution in [0.3, 0.4) is 0 Å². The molecule has 15 heavy (non-hydrogen) atoms. The van der Waals surface area contributed by atoms with Crippen molar-refractivity contribution in [3.05, 3.63) is 35.9 Å². The van der Waals surface area contributed by atoms with Crippen LogP contribution in [0.2, 0.25) is 0 Å². The Labute approximate surface area is 90.1 Å². The van der Waals surface area contributed by atoms with Gasteiger partial charge in [-0.3, -0.25) is 4.84 Å². The van der Waals surface area contributed by atoms with Crippen molar-refractivity contribution in [2.24, 2.45) is 10.7 Å². The lowest BCUT2D eigenvalue weighted by atomic mass is 10.2. The Hall–Kier alpha value is -1.55. The SMILES string of the molecule is CCCONC(N)=NCc1ccccc1. The lowest BCUT2D eigenvalue weighted by Gasteiger charge is -2.04. The molecule has 0 atom stereocenters. The van der Waals surface area contributed by atoms with Crippen molar-refractivity contribution in [2.75, 3.05) is 6.61 Å². The number of aliphatic imine (C=N–C) groups is 1. The maximum atomic E-state index is 5.58. The number of benzene rings is 1. The standard InChI is InChI=1S/C11H17N3O/c1-2-8-15-14-11(12)13-9-10-6-4-3-5-7-10/h3-7H,2,8-9H2,1H3,(H3,12,13,14). The molecule has 4 nitrogen and oxygen atoms in total. The predicted molar refractivity (Wildman–Crippen MR) is 61.1 cm³/mol. The summed E-state index contributed by atoms with van der Waals surface area (Å²) >= 11 is 0. The van der Waals surface area contributed by atoms with Gasteiger partial charge in [0.2, 0.25) is 5.96 Å². The van der Waals surface area contributed by atoms with Crippen LogP contribution >= 0.6 is 0 Å². The van der Waals surface area contributed by atoms with Crippen LogP contribution in [0.4, 0.5) is 0 Å². The second-order valence-corrected chi connectivity index (χ2v) is 3.14. The molecule has 1 aromatic carbocycles. The highest BCUT2D eigenvalue weighted by atomic mass is 16.6. The molecule has 0 amide bonds. The van der Waals surface area contributed by atoms with E-state index in [4.69, 9.17) is 10.6 Å². The maximum absolute atomic E-state index is 5.58. The van der Waals surface area contributed by atoms with E-state index in [1.807, 2.05) is 37.3 Å². The first kappa shape index (κ1) is 11.5. The summed E-state index contributed by atoms with van der Waals surface area (Å²) in [6, 6.07) is 9.93. The van der Waals surface area contributed by atoms with Crippen molar-refractivity contribution in [3.63, 3.8) is 0 Å². The molecule has 4 heteroatoms. The number of guanidine groups is 1. The van der Waals surface area contributed by atoms with E-state index < -0.39 is 0 Å². The molecule has 0 aliphatic carbocycles. The predicted octanol–water partition coefficient (Wildman–Crippen LogP) is 1.43. The van der Waals surface area contributed by atoms with Gasteiger partial charge in [-0.05, 0) is 12.0 Å². The second kappa shape index (κ2) is 6.84. The highest BCUT2D eigenvalue weighted by Gasteiger charge is 1.91. The third-order valence-corrected chi connectivity index (χ3v) is 1.76. The molecule has 0 radical (unpaired) electrons. The summed E-state index contributed by atoms with van der Waals surface area (Å²) in [4.78, 5) is 9.15. The summed E-state index contributed by atoms with van der Waals surface area (Å²) in [5.41, 5.74) is 9.28. The zero-order valence-electron chi connectivity index (χ0n) is 8.94. The Balaban J connectivity index is 2.31. The molecule has 0 fully saturated rings. The van der Waals surface area contributed by atoms with Crippen LogP contribution in [0.15, 0.2) is 35.3 Å². The molecule has 0 saturated heterocycles.